The molecule has 1 heterocycles. The number of rotatable bonds is 8. The topological polar surface area (TPSA) is 78.0 Å². The van der Waals surface area contributed by atoms with Gasteiger partial charge in [-0.25, -0.2) is 4.98 Å². The molecule has 0 amide bonds. The van der Waals surface area contributed by atoms with Crippen LogP contribution in [0.15, 0.2) is 84.1 Å². The van der Waals surface area contributed by atoms with E-state index in [1.54, 1.807) is 12.1 Å². The fourth-order valence-electron chi connectivity index (χ4n) is 3.63. The smallest absolute Gasteiger partial charge is 0.269 e. The molecule has 0 aliphatic carbocycles. The second-order valence-electron chi connectivity index (χ2n) is 7.86. The van der Waals surface area contributed by atoms with Gasteiger partial charge in [0, 0.05) is 30.3 Å². The third kappa shape index (κ3) is 5.38. The van der Waals surface area contributed by atoms with Gasteiger partial charge in [0.15, 0.2) is 5.16 Å². The van der Waals surface area contributed by atoms with E-state index < -0.39 is 4.92 Å². The molecular weight excluding hydrogens is 434 g/mol. The Morgan fingerprint density at radius 2 is 1.76 bits per heavy atom. The second kappa shape index (κ2) is 9.83. The monoisotopic (exact) mass is 457 g/mol. The SMILES string of the molecule is Cc1ccc(-n2cc(-c3ccc([N+](=O)[O-])cc3)nc2SCC(=O)Cc2ccccc2)c(C)c1. The van der Waals surface area contributed by atoms with E-state index in [2.05, 4.69) is 6.07 Å². The molecule has 0 aliphatic rings. The highest BCUT2D eigenvalue weighted by molar-refractivity contribution is 7.99. The standard InChI is InChI=1S/C26H23N3O3S/c1-18-8-13-25(19(2)14-18)28-16-24(21-9-11-22(12-10-21)29(31)32)27-26(28)33-17-23(30)15-20-6-4-3-5-7-20/h3-14,16H,15,17H2,1-2H3. The molecule has 0 saturated carbocycles. The second-order valence-corrected chi connectivity index (χ2v) is 8.80. The maximum atomic E-state index is 12.6. The quantitative estimate of drug-likeness (QED) is 0.185. The van der Waals surface area contributed by atoms with Crippen molar-refractivity contribution in [3.8, 4) is 16.9 Å². The molecule has 0 aliphatic heterocycles. The van der Waals surface area contributed by atoms with Crippen LogP contribution in [0.2, 0.25) is 0 Å². The van der Waals surface area contributed by atoms with E-state index in [1.165, 1.54) is 29.5 Å². The van der Waals surface area contributed by atoms with E-state index in [0.29, 0.717) is 23.0 Å². The van der Waals surface area contributed by atoms with Gasteiger partial charge in [-0.15, -0.1) is 0 Å². The first kappa shape index (κ1) is 22.5. The molecule has 3 aromatic carbocycles. The third-order valence-corrected chi connectivity index (χ3v) is 6.28. The number of thioether (sulfide) groups is 1. The summed E-state index contributed by atoms with van der Waals surface area (Å²) >= 11 is 1.40. The van der Waals surface area contributed by atoms with Crippen LogP contribution in [0, 0.1) is 24.0 Å². The summed E-state index contributed by atoms with van der Waals surface area (Å²) < 4.78 is 1.99. The lowest BCUT2D eigenvalue weighted by atomic mass is 10.1. The number of aromatic nitrogens is 2. The lowest BCUT2D eigenvalue weighted by Gasteiger charge is -2.11. The Kier molecular flexibility index (Phi) is 6.70. The molecule has 0 N–H and O–H groups in total. The summed E-state index contributed by atoms with van der Waals surface area (Å²) in [5.74, 6) is 0.425. The summed E-state index contributed by atoms with van der Waals surface area (Å²) in [7, 11) is 0. The summed E-state index contributed by atoms with van der Waals surface area (Å²) in [6.45, 7) is 4.09. The Morgan fingerprint density at radius 3 is 2.42 bits per heavy atom. The van der Waals surface area contributed by atoms with E-state index in [4.69, 9.17) is 4.98 Å². The molecule has 0 bridgehead atoms. The number of hydrogen-bond donors (Lipinski definition) is 0. The number of ketones is 1. The molecule has 166 valence electrons. The van der Waals surface area contributed by atoms with Gasteiger partial charge < -0.3 is 0 Å². The molecule has 1 aromatic heterocycles. The Labute approximate surface area is 196 Å². The highest BCUT2D eigenvalue weighted by Crippen LogP contribution is 2.30. The van der Waals surface area contributed by atoms with Crippen molar-refractivity contribution >= 4 is 23.2 Å². The Morgan fingerprint density at radius 1 is 1.03 bits per heavy atom. The van der Waals surface area contributed by atoms with Crippen LogP contribution in [0.5, 0.6) is 0 Å². The minimum absolute atomic E-state index is 0.0358. The van der Waals surface area contributed by atoms with Crippen LogP contribution in [-0.2, 0) is 11.2 Å². The number of Topliss-reactive ketones (excluding diaryl/α,β-unsaturated/α-hetero) is 1. The Balaban J connectivity index is 1.63. The van der Waals surface area contributed by atoms with Gasteiger partial charge in [-0.3, -0.25) is 19.5 Å². The number of carbonyl (C=O) groups is 1. The zero-order valence-electron chi connectivity index (χ0n) is 18.4. The van der Waals surface area contributed by atoms with E-state index in [1.807, 2.05) is 67.1 Å². The highest BCUT2D eigenvalue weighted by Gasteiger charge is 2.16. The van der Waals surface area contributed by atoms with Crippen LogP contribution in [0.4, 0.5) is 5.69 Å². The van der Waals surface area contributed by atoms with Crippen molar-refractivity contribution in [2.45, 2.75) is 25.4 Å². The van der Waals surface area contributed by atoms with Gasteiger partial charge in [-0.2, -0.15) is 0 Å². The van der Waals surface area contributed by atoms with E-state index in [0.717, 1.165) is 22.4 Å². The summed E-state index contributed by atoms with van der Waals surface area (Å²) in [5, 5.41) is 11.7. The lowest BCUT2D eigenvalue weighted by Crippen LogP contribution is -2.07. The number of benzene rings is 3. The number of nitrogens with zero attached hydrogens (tertiary/aromatic N) is 3. The van der Waals surface area contributed by atoms with Gasteiger partial charge in [-0.05, 0) is 43.2 Å². The van der Waals surface area contributed by atoms with Crippen LogP contribution in [0.3, 0.4) is 0 Å². The number of imidazole rings is 1. The molecule has 0 atom stereocenters. The van der Waals surface area contributed by atoms with Crippen LogP contribution >= 0.6 is 11.8 Å². The molecule has 0 fully saturated rings. The first-order valence-electron chi connectivity index (χ1n) is 10.5. The van der Waals surface area contributed by atoms with Crippen LogP contribution in [0.1, 0.15) is 16.7 Å². The molecule has 7 heteroatoms. The van der Waals surface area contributed by atoms with Crippen molar-refractivity contribution in [2.24, 2.45) is 0 Å². The fraction of sp³-hybridized carbons (Fsp3) is 0.154. The van der Waals surface area contributed by atoms with Crippen molar-refractivity contribution in [1.29, 1.82) is 0 Å². The minimum atomic E-state index is -0.419. The summed E-state index contributed by atoms with van der Waals surface area (Å²) in [6, 6.07) is 22.2. The Bertz CT molecular complexity index is 1300. The molecule has 0 unspecified atom stereocenters. The van der Waals surface area contributed by atoms with Gasteiger partial charge >= 0.3 is 0 Å². The van der Waals surface area contributed by atoms with Crippen molar-refractivity contribution in [1.82, 2.24) is 9.55 Å². The summed E-state index contributed by atoms with van der Waals surface area (Å²) in [6.07, 6.45) is 2.30. The molecular formula is C26H23N3O3S. The van der Waals surface area contributed by atoms with Gasteiger partial charge in [0.2, 0.25) is 0 Å². The van der Waals surface area contributed by atoms with Crippen LogP contribution in [0.25, 0.3) is 16.9 Å². The average Bonchev–Trinajstić information content (AvgIpc) is 3.22. The largest absolute Gasteiger partial charge is 0.298 e. The lowest BCUT2D eigenvalue weighted by molar-refractivity contribution is -0.384. The fourth-order valence-corrected chi connectivity index (χ4v) is 4.47. The van der Waals surface area contributed by atoms with Crippen LogP contribution in [-0.4, -0.2) is 26.0 Å². The van der Waals surface area contributed by atoms with E-state index >= 15 is 0 Å². The number of nitro groups is 1. The molecule has 0 spiro atoms. The number of carbonyl (C=O) groups excluding carboxylic acids is 1. The van der Waals surface area contributed by atoms with Crippen LogP contribution < -0.4 is 0 Å². The average molecular weight is 458 g/mol. The molecule has 33 heavy (non-hydrogen) atoms. The maximum absolute atomic E-state index is 12.6. The predicted molar refractivity (Wildman–Crippen MR) is 131 cm³/mol. The maximum Gasteiger partial charge on any atom is 0.269 e. The summed E-state index contributed by atoms with van der Waals surface area (Å²) in [4.78, 5) is 27.9. The zero-order valence-corrected chi connectivity index (χ0v) is 19.2. The first-order valence-corrected chi connectivity index (χ1v) is 11.5. The number of hydrogen-bond acceptors (Lipinski definition) is 5. The van der Waals surface area contributed by atoms with Crippen molar-refractivity contribution in [2.75, 3.05) is 5.75 Å². The van der Waals surface area contributed by atoms with Crippen molar-refractivity contribution in [3.05, 3.63) is 106 Å². The number of non-ortho nitro benzene ring substituents is 1. The normalized spacial score (nSPS) is 10.8. The highest BCUT2D eigenvalue weighted by atomic mass is 32.2. The van der Waals surface area contributed by atoms with Gasteiger partial charge in [0.05, 0.1) is 22.1 Å². The molecule has 4 rings (SSSR count). The van der Waals surface area contributed by atoms with Crippen molar-refractivity contribution in [3.63, 3.8) is 0 Å². The minimum Gasteiger partial charge on any atom is -0.298 e. The molecule has 0 radical (unpaired) electrons. The predicted octanol–water partition coefficient (Wildman–Crippen LogP) is 5.97. The van der Waals surface area contributed by atoms with Gasteiger partial charge in [0.1, 0.15) is 5.78 Å². The van der Waals surface area contributed by atoms with Crippen molar-refractivity contribution < 1.29 is 9.72 Å². The molecule has 6 nitrogen and oxygen atoms in total. The Hall–Kier alpha value is -3.71. The molecule has 0 saturated heterocycles. The zero-order chi connectivity index (χ0) is 23.4. The molecule has 4 aromatic rings. The number of aryl methyl sites for hydroxylation is 2. The van der Waals surface area contributed by atoms with E-state index in [-0.39, 0.29) is 11.5 Å². The van der Waals surface area contributed by atoms with Gasteiger partial charge in [-0.1, -0.05) is 59.8 Å². The van der Waals surface area contributed by atoms with Gasteiger partial charge in [0.25, 0.3) is 5.69 Å². The number of nitro benzene ring substituents is 1. The first-order chi connectivity index (χ1) is 15.9. The third-order valence-electron chi connectivity index (χ3n) is 5.27. The summed E-state index contributed by atoms with van der Waals surface area (Å²) in [5.41, 5.74) is 5.75. The van der Waals surface area contributed by atoms with E-state index in [9.17, 15) is 14.9 Å².